The molecule has 0 aliphatic heterocycles. The lowest BCUT2D eigenvalue weighted by molar-refractivity contribution is 0.0987. The number of rotatable bonds is 7. The van der Waals surface area contributed by atoms with Crippen molar-refractivity contribution in [3.8, 4) is 0 Å². The summed E-state index contributed by atoms with van der Waals surface area (Å²) >= 11 is 0. The molecule has 3 aromatic rings. The summed E-state index contributed by atoms with van der Waals surface area (Å²) in [5.41, 5.74) is 2.56. The van der Waals surface area contributed by atoms with Gasteiger partial charge in [-0.25, -0.2) is 9.97 Å². The molecule has 1 aromatic carbocycles. The molecule has 0 saturated carbocycles. The van der Waals surface area contributed by atoms with Crippen LogP contribution in [0.1, 0.15) is 22.8 Å². The molecule has 0 atom stereocenters. The van der Waals surface area contributed by atoms with Crippen LogP contribution < -0.4 is 9.80 Å². The second kappa shape index (κ2) is 8.89. The summed E-state index contributed by atoms with van der Waals surface area (Å²) in [4.78, 5) is 29.3. The Balaban J connectivity index is 1.66. The monoisotopic (exact) mass is 361 g/mol. The molecule has 0 saturated heterocycles. The van der Waals surface area contributed by atoms with Crippen LogP contribution in [0.15, 0.2) is 67.3 Å². The first kappa shape index (κ1) is 18.5. The Kier molecular flexibility index (Phi) is 6.10. The van der Waals surface area contributed by atoms with Gasteiger partial charge in [0, 0.05) is 50.6 Å². The smallest absolute Gasteiger partial charge is 0.261 e. The van der Waals surface area contributed by atoms with E-state index < -0.39 is 0 Å². The third kappa shape index (κ3) is 4.67. The van der Waals surface area contributed by atoms with Gasteiger partial charge >= 0.3 is 0 Å². The molecular formula is C21H23N5O. The van der Waals surface area contributed by atoms with E-state index in [1.54, 1.807) is 29.7 Å². The molecule has 0 aliphatic rings. The van der Waals surface area contributed by atoms with Crippen LogP contribution in [0.4, 0.5) is 11.6 Å². The molecular weight excluding hydrogens is 338 g/mol. The van der Waals surface area contributed by atoms with E-state index in [1.807, 2.05) is 61.3 Å². The molecule has 27 heavy (non-hydrogen) atoms. The molecule has 138 valence electrons. The van der Waals surface area contributed by atoms with Crippen LogP contribution in [0.5, 0.6) is 0 Å². The van der Waals surface area contributed by atoms with Gasteiger partial charge in [-0.2, -0.15) is 0 Å². The van der Waals surface area contributed by atoms with Crippen molar-refractivity contribution in [2.75, 3.05) is 29.9 Å². The van der Waals surface area contributed by atoms with Gasteiger partial charge in [0.1, 0.15) is 0 Å². The fourth-order valence-electron chi connectivity index (χ4n) is 2.78. The number of carbonyl (C=O) groups is 1. The predicted molar refractivity (Wildman–Crippen MR) is 107 cm³/mol. The second-order valence-electron chi connectivity index (χ2n) is 6.18. The van der Waals surface area contributed by atoms with Crippen LogP contribution in [0.25, 0.3) is 0 Å². The van der Waals surface area contributed by atoms with E-state index in [-0.39, 0.29) is 5.91 Å². The zero-order valence-electron chi connectivity index (χ0n) is 15.6. The quantitative estimate of drug-likeness (QED) is 0.647. The molecule has 0 bridgehead atoms. The minimum atomic E-state index is -0.102. The number of benzene rings is 1. The SMILES string of the molecule is CCN(C(=O)c1cnc(N(C)CCc2ccncc2)nc1)c1ccccc1. The predicted octanol–water partition coefficient (Wildman–Crippen LogP) is 3.22. The summed E-state index contributed by atoms with van der Waals surface area (Å²) in [6.45, 7) is 3.31. The van der Waals surface area contributed by atoms with Gasteiger partial charge in [0.15, 0.2) is 0 Å². The number of hydrogen-bond donors (Lipinski definition) is 0. The molecule has 0 aliphatic carbocycles. The highest BCUT2D eigenvalue weighted by atomic mass is 16.2. The first-order valence-electron chi connectivity index (χ1n) is 8.98. The first-order chi connectivity index (χ1) is 13.2. The van der Waals surface area contributed by atoms with Crippen molar-refractivity contribution in [3.63, 3.8) is 0 Å². The lowest BCUT2D eigenvalue weighted by Crippen LogP contribution is -2.31. The van der Waals surface area contributed by atoms with Gasteiger partial charge < -0.3 is 9.80 Å². The Bertz CT molecular complexity index is 853. The Hall–Kier alpha value is -3.28. The molecule has 6 nitrogen and oxygen atoms in total. The van der Waals surface area contributed by atoms with Gasteiger partial charge in [-0.3, -0.25) is 9.78 Å². The number of pyridine rings is 1. The third-order valence-electron chi connectivity index (χ3n) is 4.34. The van der Waals surface area contributed by atoms with Crippen LogP contribution in [0.2, 0.25) is 0 Å². The minimum absolute atomic E-state index is 0.102. The highest BCUT2D eigenvalue weighted by Crippen LogP contribution is 2.16. The van der Waals surface area contributed by atoms with Gasteiger partial charge in [-0.15, -0.1) is 0 Å². The topological polar surface area (TPSA) is 62.2 Å². The molecule has 0 fully saturated rings. The zero-order chi connectivity index (χ0) is 19.1. The van der Waals surface area contributed by atoms with Crippen molar-refractivity contribution >= 4 is 17.5 Å². The summed E-state index contributed by atoms with van der Waals surface area (Å²) in [5, 5.41) is 0. The highest BCUT2D eigenvalue weighted by Gasteiger charge is 2.17. The zero-order valence-corrected chi connectivity index (χ0v) is 15.6. The van der Waals surface area contributed by atoms with Crippen LogP contribution in [-0.2, 0) is 6.42 Å². The average Bonchev–Trinajstić information content (AvgIpc) is 2.74. The third-order valence-corrected chi connectivity index (χ3v) is 4.34. The van der Waals surface area contributed by atoms with Crippen LogP contribution in [-0.4, -0.2) is 41.0 Å². The van der Waals surface area contributed by atoms with E-state index in [4.69, 9.17) is 0 Å². The van der Waals surface area contributed by atoms with Crippen molar-refractivity contribution in [2.24, 2.45) is 0 Å². The first-order valence-corrected chi connectivity index (χ1v) is 8.98. The van der Waals surface area contributed by atoms with Crippen molar-refractivity contribution in [1.82, 2.24) is 15.0 Å². The Morgan fingerprint density at radius 3 is 2.30 bits per heavy atom. The van der Waals surface area contributed by atoms with Crippen molar-refractivity contribution in [1.29, 1.82) is 0 Å². The van der Waals surface area contributed by atoms with Gasteiger partial charge in [0.05, 0.1) is 5.56 Å². The Morgan fingerprint density at radius 2 is 1.67 bits per heavy atom. The molecule has 6 heteroatoms. The number of hydrogen-bond acceptors (Lipinski definition) is 5. The number of para-hydroxylation sites is 1. The maximum atomic E-state index is 12.8. The largest absolute Gasteiger partial charge is 0.344 e. The molecule has 0 unspecified atom stereocenters. The van der Waals surface area contributed by atoms with Crippen LogP contribution in [0, 0.1) is 0 Å². The van der Waals surface area contributed by atoms with Crippen LogP contribution in [0.3, 0.4) is 0 Å². The lowest BCUT2D eigenvalue weighted by Gasteiger charge is -2.21. The number of carbonyl (C=O) groups excluding carboxylic acids is 1. The fourth-order valence-corrected chi connectivity index (χ4v) is 2.78. The Morgan fingerprint density at radius 1 is 1.00 bits per heavy atom. The van der Waals surface area contributed by atoms with Crippen molar-refractivity contribution < 1.29 is 4.79 Å². The lowest BCUT2D eigenvalue weighted by atomic mass is 10.2. The highest BCUT2D eigenvalue weighted by molar-refractivity contribution is 6.05. The van der Waals surface area contributed by atoms with Gasteiger partial charge in [0.2, 0.25) is 5.95 Å². The molecule has 2 heterocycles. The summed E-state index contributed by atoms with van der Waals surface area (Å²) in [6, 6.07) is 13.6. The Labute approximate surface area is 159 Å². The molecule has 1 amide bonds. The standard InChI is InChI=1S/C21H23N5O/c1-3-26(19-7-5-4-6-8-19)20(27)18-15-23-21(24-16-18)25(2)14-11-17-9-12-22-13-10-17/h4-10,12-13,15-16H,3,11,14H2,1-2H3. The maximum absolute atomic E-state index is 12.8. The molecule has 0 radical (unpaired) electrons. The molecule has 2 aromatic heterocycles. The molecule has 0 spiro atoms. The number of nitrogens with zero attached hydrogens (tertiary/aromatic N) is 5. The molecule has 3 rings (SSSR count). The van der Waals surface area contributed by atoms with Crippen LogP contribution >= 0.6 is 0 Å². The van der Waals surface area contributed by atoms with E-state index in [1.165, 1.54) is 5.56 Å². The minimum Gasteiger partial charge on any atom is -0.344 e. The molecule has 0 N–H and O–H groups in total. The summed E-state index contributed by atoms with van der Waals surface area (Å²) in [5.74, 6) is 0.498. The fraction of sp³-hybridized carbons (Fsp3) is 0.238. The van der Waals surface area contributed by atoms with E-state index in [9.17, 15) is 4.79 Å². The van der Waals surface area contributed by atoms with Gasteiger partial charge in [-0.1, -0.05) is 18.2 Å². The van der Waals surface area contributed by atoms with E-state index >= 15 is 0 Å². The van der Waals surface area contributed by atoms with Gasteiger partial charge in [-0.05, 0) is 43.2 Å². The van der Waals surface area contributed by atoms with E-state index in [0.717, 1.165) is 18.7 Å². The number of anilines is 2. The number of likely N-dealkylation sites (N-methyl/N-ethyl adjacent to an activating group) is 1. The summed E-state index contributed by atoms with van der Waals surface area (Å²) < 4.78 is 0. The van der Waals surface area contributed by atoms with Crippen molar-refractivity contribution in [2.45, 2.75) is 13.3 Å². The maximum Gasteiger partial charge on any atom is 0.261 e. The number of amides is 1. The normalized spacial score (nSPS) is 10.4. The van der Waals surface area contributed by atoms with E-state index in [0.29, 0.717) is 18.1 Å². The number of aromatic nitrogens is 3. The van der Waals surface area contributed by atoms with E-state index in [2.05, 4.69) is 15.0 Å². The van der Waals surface area contributed by atoms with Gasteiger partial charge in [0.25, 0.3) is 5.91 Å². The summed E-state index contributed by atoms with van der Waals surface area (Å²) in [7, 11) is 1.94. The average molecular weight is 361 g/mol. The second-order valence-corrected chi connectivity index (χ2v) is 6.18. The summed E-state index contributed by atoms with van der Waals surface area (Å²) in [6.07, 6.45) is 7.65. The van der Waals surface area contributed by atoms with Crippen molar-refractivity contribution in [3.05, 3.63) is 78.4 Å².